The number of carbonyl (C=O) groups excluding carboxylic acids is 3. The molecule has 0 bridgehead atoms. The van der Waals surface area contributed by atoms with Crippen LogP contribution < -0.4 is 10.6 Å². The number of hydrogen-bond donors (Lipinski definition) is 2. The lowest BCUT2D eigenvalue weighted by Gasteiger charge is -2.08. The first-order chi connectivity index (χ1) is 8.60. The highest BCUT2D eigenvalue weighted by atomic mass is 16.2. The van der Waals surface area contributed by atoms with Gasteiger partial charge in [-0.3, -0.25) is 19.7 Å². The van der Waals surface area contributed by atoms with Gasteiger partial charge in [0.1, 0.15) is 6.04 Å². The molecule has 2 rings (SSSR count). The van der Waals surface area contributed by atoms with Gasteiger partial charge in [0.05, 0.1) is 18.1 Å². The highest BCUT2D eigenvalue weighted by Crippen LogP contribution is 2.06. The molecule has 0 saturated carbocycles. The standard InChI is InChI=1S/C12H9N3O3/c13-6-7-1-3-8(4-2-7)11(17)14-9-5-10(16)15-12(9)18/h1-4,9H,5H2,(H,14,17)(H,15,16,18). The molecular formula is C12H9N3O3. The first kappa shape index (κ1) is 11.8. The van der Waals surface area contributed by atoms with E-state index in [0.717, 1.165) is 0 Å². The van der Waals surface area contributed by atoms with Gasteiger partial charge in [0.15, 0.2) is 0 Å². The number of nitriles is 1. The molecule has 1 saturated heterocycles. The van der Waals surface area contributed by atoms with Gasteiger partial charge in [-0.1, -0.05) is 0 Å². The van der Waals surface area contributed by atoms with E-state index in [9.17, 15) is 14.4 Å². The normalized spacial score (nSPS) is 18.1. The summed E-state index contributed by atoms with van der Waals surface area (Å²) in [6.45, 7) is 0. The molecule has 6 heteroatoms. The van der Waals surface area contributed by atoms with E-state index >= 15 is 0 Å². The molecule has 0 aliphatic carbocycles. The van der Waals surface area contributed by atoms with Crippen molar-refractivity contribution in [3.05, 3.63) is 35.4 Å². The second-order valence-electron chi connectivity index (χ2n) is 3.83. The van der Waals surface area contributed by atoms with Crippen molar-refractivity contribution in [3.63, 3.8) is 0 Å². The van der Waals surface area contributed by atoms with E-state index in [4.69, 9.17) is 5.26 Å². The van der Waals surface area contributed by atoms with Gasteiger partial charge >= 0.3 is 0 Å². The molecular weight excluding hydrogens is 234 g/mol. The van der Waals surface area contributed by atoms with Gasteiger partial charge in [0, 0.05) is 5.56 Å². The molecule has 1 heterocycles. The smallest absolute Gasteiger partial charge is 0.251 e. The van der Waals surface area contributed by atoms with Crippen molar-refractivity contribution in [1.29, 1.82) is 5.26 Å². The van der Waals surface area contributed by atoms with Crippen LogP contribution in [0.4, 0.5) is 0 Å². The molecule has 1 unspecified atom stereocenters. The first-order valence-electron chi connectivity index (χ1n) is 5.25. The highest BCUT2D eigenvalue weighted by molar-refractivity contribution is 6.08. The van der Waals surface area contributed by atoms with Crippen LogP contribution in [-0.4, -0.2) is 23.8 Å². The summed E-state index contributed by atoms with van der Waals surface area (Å²) in [6, 6.07) is 7.11. The van der Waals surface area contributed by atoms with Crippen molar-refractivity contribution in [1.82, 2.24) is 10.6 Å². The van der Waals surface area contributed by atoms with Crippen LogP contribution >= 0.6 is 0 Å². The van der Waals surface area contributed by atoms with E-state index in [0.29, 0.717) is 11.1 Å². The Bertz CT molecular complexity index is 557. The predicted molar refractivity (Wildman–Crippen MR) is 60.2 cm³/mol. The van der Waals surface area contributed by atoms with Crippen LogP contribution in [0.2, 0.25) is 0 Å². The average Bonchev–Trinajstić information content (AvgIpc) is 2.68. The Morgan fingerprint density at radius 3 is 2.50 bits per heavy atom. The Morgan fingerprint density at radius 1 is 1.33 bits per heavy atom. The van der Waals surface area contributed by atoms with E-state index in [2.05, 4.69) is 10.6 Å². The van der Waals surface area contributed by atoms with E-state index in [1.807, 2.05) is 6.07 Å². The molecule has 1 atom stereocenters. The zero-order chi connectivity index (χ0) is 13.1. The van der Waals surface area contributed by atoms with Crippen molar-refractivity contribution in [2.75, 3.05) is 0 Å². The van der Waals surface area contributed by atoms with E-state index in [1.165, 1.54) is 24.3 Å². The Hall–Kier alpha value is -2.68. The quantitative estimate of drug-likeness (QED) is 0.697. The van der Waals surface area contributed by atoms with Crippen molar-refractivity contribution < 1.29 is 14.4 Å². The summed E-state index contributed by atoms with van der Waals surface area (Å²) in [5, 5.41) is 13.2. The van der Waals surface area contributed by atoms with Gasteiger partial charge in [-0.2, -0.15) is 5.26 Å². The lowest BCUT2D eigenvalue weighted by Crippen LogP contribution is -2.40. The lowest BCUT2D eigenvalue weighted by atomic mass is 10.1. The van der Waals surface area contributed by atoms with Crippen LogP contribution in [0.25, 0.3) is 0 Å². The molecule has 1 fully saturated rings. The Morgan fingerprint density at radius 2 is 2.00 bits per heavy atom. The Balaban J connectivity index is 2.06. The van der Waals surface area contributed by atoms with Gasteiger partial charge in [0.2, 0.25) is 11.8 Å². The molecule has 2 N–H and O–H groups in total. The number of amides is 3. The number of hydrogen-bond acceptors (Lipinski definition) is 4. The zero-order valence-corrected chi connectivity index (χ0v) is 9.27. The van der Waals surface area contributed by atoms with Crippen LogP contribution in [0.15, 0.2) is 24.3 Å². The second-order valence-corrected chi connectivity index (χ2v) is 3.83. The Kier molecular flexibility index (Phi) is 3.06. The molecule has 90 valence electrons. The predicted octanol–water partition coefficient (Wildman–Crippen LogP) is -0.297. The van der Waals surface area contributed by atoms with Crippen LogP contribution in [0.1, 0.15) is 22.3 Å². The van der Waals surface area contributed by atoms with Crippen molar-refractivity contribution >= 4 is 17.7 Å². The van der Waals surface area contributed by atoms with Gasteiger partial charge in [0.25, 0.3) is 5.91 Å². The number of imide groups is 1. The molecule has 3 amide bonds. The highest BCUT2D eigenvalue weighted by Gasteiger charge is 2.31. The van der Waals surface area contributed by atoms with Crippen LogP contribution in [0.5, 0.6) is 0 Å². The largest absolute Gasteiger partial charge is 0.340 e. The maximum Gasteiger partial charge on any atom is 0.251 e. The maximum atomic E-state index is 11.8. The van der Waals surface area contributed by atoms with Crippen molar-refractivity contribution in [2.45, 2.75) is 12.5 Å². The van der Waals surface area contributed by atoms with Crippen LogP contribution in [0.3, 0.4) is 0 Å². The fourth-order valence-electron chi connectivity index (χ4n) is 1.61. The van der Waals surface area contributed by atoms with Crippen LogP contribution in [0, 0.1) is 11.3 Å². The monoisotopic (exact) mass is 243 g/mol. The van der Waals surface area contributed by atoms with Crippen LogP contribution in [-0.2, 0) is 9.59 Å². The molecule has 0 spiro atoms. The van der Waals surface area contributed by atoms with E-state index < -0.39 is 23.8 Å². The number of carbonyl (C=O) groups is 3. The number of rotatable bonds is 2. The summed E-state index contributed by atoms with van der Waals surface area (Å²) in [4.78, 5) is 34.0. The molecule has 0 radical (unpaired) electrons. The lowest BCUT2D eigenvalue weighted by molar-refractivity contribution is -0.125. The summed E-state index contributed by atoms with van der Waals surface area (Å²) in [5.41, 5.74) is 0.779. The topological polar surface area (TPSA) is 99.1 Å². The third kappa shape index (κ3) is 2.35. The summed E-state index contributed by atoms with van der Waals surface area (Å²) >= 11 is 0. The SMILES string of the molecule is N#Cc1ccc(C(=O)NC2CC(=O)NC2=O)cc1. The molecule has 6 nitrogen and oxygen atoms in total. The van der Waals surface area contributed by atoms with Gasteiger partial charge in [-0.25, -0.2) is 0 Å². The molecule has 1 aliphatic heterocycles. The minimum atomic E-state index is -0.819. The van der Waals surface area contributed by atoms with Gasteiger partial charge in [-0.05, 0) is 24.3 Å². The maximum absolute atomic E-state index is 11.8. The number of nitrogens with zero attached hydrogens (tertiary/aromatic N) is 1. The summed E-state index contributed by atoms with van der Waals surface area (Å²) in [6.07, 6.45) is -0.0408. The van der Waals surface area contributed by atoms with Gasteiger partial charge < -0.3 is 5.32 Å². The summed E-state index contributed by atoms with van der Waals surface area (Å²) < 4.78 is 0. The molecule has 1 aromatic rings. The molecule has 1 aliphatic rings. The second kappa shape index (κ2) is 4.67. The zero-order valence-electron chi connectivity index (χ0n) is 9.27. The first-order valence-corrected chi connectivity index (χ1v) is 5.25. The summed E-state index contributed by atoms with van der Waals surface area (Å²) in [7, 11) is 0. The van der Waals surface area contributed by atoms with Gasteiger partial charge in [-0.15, -0.1) is 0 Å². The third-order valence-electron chi connectivity index (χ3n) is 2.55. The average molecular weight is 243 g/mol. The molecule has 1 aromatic carbocycles. The number of nitrogens with one attached hydrogen (secondary N) is 2. The fourth-order valence-corrected chi connectivity index (χ4v) is 1.61. The minimum absolute atomic E-state index is 0.0408. The fraction of sp³-hybridized carbons (Fsp3) is 0.167. The number of benzene rings is 1. The third-order valence-corrected chi connectivity index (χ3v) is 2.55. The van der Waals surface area contributed by atoms with Crippen molar-refractivity contribution in [2.24, 2.45) is 0 Å². The van der Waals surface area contributed by atoms with Crippen molar-refractivity contribution in [3.8, 4) is 6.07 Å². The van der Waals surface area contributed by atoms with E-state index in [-0.39, 0.29) is 6.42 Å². The molecule has 0 aromatic heterocycles. The summed E-state index contributed by atoms with van der Waals surface area (Å²) in [5.74, 6) is -1.35. The minimum Gasteiger partial charge on any atom is -0.340 e. The Labute approximate surface area is 103 Å². The van der Waals surface area contributed by atoms with E-state index in [1.54, 1.807) is 0 Å². The molecule has 18 heavy (non-hydrogen) atoms.